The molecule has 2 rings (SSSR count). The van der Waals surface area contributed by atoms with Crippen LogP contribution in [-0.2, 0) is 9.53 Å². The number of rotatable bonds is 17. The molecule has 0 aliphatic carbocycles. The van der Waals surface area contributed by atoms with Crippen molar-refractivity contribution in [3.63, 3.8) is 0 Å². The van der Waals surface area contributed by atoms with Crippen LogP contribution in [0.4, 0.5) is 0 Å². The first-order chi connectivity index (χ1) is 16.1. The van der Waals surface area contributed by atoms with Crippen LogP contribution in [0, 0.1) is 0 Å². The van der Waals surface area contributed by atoms with Gasteiger partial charge in [-0.1, -0.05) is 83.1 Å². The zero-order valence-corrected chi connectivity index (χ0v) is 20.8. The van der Waals surface area contributed by atoms with E-state index in [0.29, 0.717) is 6.42 Å². The third-order valence-electron chi connectivity index (χ3n) is 5.61. The van der Waals surface area contributed by atoms with Crippen molar-refractivity contribution in [1.29, 1.82) is 0 Å². The highest BCUT2D eigenvalue weighted by molar-refractivity contribution is 5.69. The van der Waals surface area contributed by atoms with Crippen LogP contribution in [0.2, 0.25) is 0 Å². The van der Waals surface area contributed by atoms with Gasteiger partial charge in [-0.15, -0.1) is 0 Å². The number of ether oxygens (including phenoxy) is 3. The van der Waals surface area contributed by atoms with Gasteiger partial charge in [-0.2, -0.15) is 0 Å². The first-order valence-corrected chi connectivity index (χ1v) is 12.8. The van der Waals surface area contributed by atoms with Gasteiger partial charge in [0.15, 0.2) is 0 Å². The molecule has 182 valence electrons. The molecule has 0 heterocycles. The van der Waals surface area contributed by atoms with Gasteiger partial charge in [0.2, 0.25) is 0 Å². The molecule has 33 heavy (non-hydrogen) atoms. The van der Waals surface area contributed by atoms with Gasteiger partial charge in [0, 0.05) is 6.42 Å². The fraction of sp³-hybridized carbons (Fsp3) is 0.552. The summed E-state index contributed by atoms with van der Waals surface area (Å²) in [6.07, 6.45) is 11.0. The molecule has 0 radical (unpaired) electrons. The third kappa shape index (κ3) is 11.3. The summed E-state index contributed by atoms with van der Waals surface area (Å²) in [4.78, 5) is 11.7. The minimum Gasteiger partial charge on any atom is -0.494 e. The maximum atomic E-state index is 11.7. The fourth-order valence-electron chi connectivity index (χ4n) is 3.61. The molecule has 0 saturated heterocycles. The molecule has 1 unspecified atom stereocenters. The SMILES string of the molecule is CCCCCCCCOc1ccc(-c2ccc(OC(C)COC(=O)CCCCC)cc2)cc1. The highest BCUT2D eigenvalue weighted by atomic mass is 16.6. The molecule has 0 saturated carbocycles. The smallest absolute Gasteiger partial charge is 0.305 e. The largest absolute Gasteiger partial charge is 0.494 e. The van der Waals surface area contributed by atoms with Gasteiger partial charge in [0.1, 0.15) is 24.2 Å². The molecule has 0 N–H and O–H groups in total. The highest BCUT2D eigenvalue weighted by Crippen LogP contribution is 2.25. The second-order valence-corrected chi connectivity index (χ2v) is 8.73. The normalized spacial score (nSPS) is 11.7. The Morgan fingerprint density at radius 2 is 1.27 bits per heavy atom. The molecule has 0 fully saturated rings. The summed E-state index contributed by atoms with van der Waals surface area (Å²) in [6, 6.07) is 16.3. The summed E-state index contributed by atoms with van der Waals surface area (Å²) in [5.74, 6) is 1.55. The van der Waals surface area contributed by atoms with E-state index in [-0.39, 0.29) is 18.7 Å². The molecule has 4 nitrogen and oxygen atoms in total. The van der Waals surface area contributed by atoms with E-state index in [9.17, 15) is 4.79 Å². The van der Waals surface area contributed by atoms with Crippen LogP contribution in [0.15, 0.2) is 48.5 Å². The first kappa shape index (κ1) is 26.8. The zero-order chi connectivity index (χ0) is 23.7. The van der Waals surface area contributed by atoms with Crippen molar-refractivity contribution in [2.75, 3.05) is 13.2 Å². The topological polar surface area (TPSA) is 44.8 Å². The van der Waals surface area contributed by atoms with Crippen molar-refractivity contribution in [2.45, 2.75) is 91.1 Å². The van der Waals surface area contributed by atoms with E-state index in [0.717, 1.165) is 54.9 Å². The van der Waals surface area contributed by atoms with Crippen LogP contribution in [-0.4, -0.2) is 25.3 Å². The molecule has 4 heteroatoms. The third-order valence-corrected chi connectivity index (χ3v) is 5.61. The highest BCUT2D eigenvalue weighted by Gasteiger charge is 2.09. The Hall–Kier alpha value is -2.49. The van der Waals surface area contributed by atoms with Gasteiger partial charge in [-0.3, -0.25) is 4.79 Å². The lowest BCUT2D eigenvalue weighted by molar-refractivity contribution is -0.145. The lowest BCUT2D eigenvalue weighted by atomic mass is 10.1. The Kier molecular flexibility index (Phi) is 13.1. The molecule has 2 aromatic rings. The molecule has 2 aromatic carbocycles. The number of hydrogen-bond donors (Lipinski definition) is 0. The summed E-state index contributed by atoms with van der Waals surface area (Å²) in [5.41, 5.74) is 2.27. The van der Waals surface area contributed by atoms with Crippen LogP contribution in [0.1, 0.15) is 85.0 Å². The van der Waals surface area contributed by atoms with Gasteiger partial charge < -0.3 is 14.2 Å². The number of unbranched alkanes of at least 4 members (excludes halogenated alkanes) is 7. The van der Waals surface area contributed by atoms with E-state index < -0.39 is 0 Å². The maximum absolute atomic E-state index is 11.7. The van der Waals surface area contributed by atoms with Gasteiger partial charge >= 0.3 is 5.97 Å². The average molecular weight is 455 g/mol. The number of esters is 1. The molecule has 0 amide bonds. The number of hydrogen-bond acceptors (Lipinski definition) is 4. The molecular weight excluding hydrogens is 412 g/mol. The van der Waals surface area contributed by atoms with Crippen molar-refractivity contribution >= 4 is 5.97 Å². The Labute approximate surface area is 200 Å². The van der Waals surface area contributed by atoms with Gasteiger partial charge in [0.25, 0.3) is 0 Å². The van der Waals surface area contributed by atoms with E-state index in [4.69, 9.17) is 14.2 Å². The molecule has 0 aliphatic rings. The van der Waals surface area contributed by atoms with Crippen LogP contribution >= 0.6 is 0 Å². The lowest BCUT2D eigenvalue weighted by Crippen LogP contribution is -2.21. The molecule has 0 aromatic heterocycles. The van der Waals surface area contributed by atoms with Crippen LogP contribution in [0.25, 0.3) is 11.1 Å². The first-order valence-electron chi connectivity index (χ1n) is 12.8. The summed E-state index contributed by atoms with van der Waals surface area (Å²) >= 11 is 0. The van der Waals surface area contributed by atoms with Crippen molar-refractivity contribution in [3.8, 4) is 22.6 Å². The van der Waals surface area contributed by atoms with E-state index in [1.807, 2.05) is 43.3 Å². The Morgan fingerprint density at radius 3 is 1.91 bits per heavy atom. The average Bonchev–Trinajstić information content (AvgIpc) is 2.83. The summed E-state index contributed by atoms with van der Waals surface area (Å²) in [6.45, 7) is 7.33. The quantitative estimate of drug-likeness (QED) is 0.179. The number of carbonyl (C=O) groups is 1. The van der Waals surface area contributed by atoms with Crippen molar-refractivity contribution < 1.29 is 19.0 Å². The van der Waals surface area contributed by atoms with Crippen molar-refractivity contribution in [1.82, 2.24) is 0 Å². The molecule has 0 aliphatic heterocycles. The van der Waals surface area contributed by atoms with E-state index >= 15 is 0 Å². The fourth-order valence-corrected chi connectivity index (χ4v) is 3.61. The van der Waals surface area contributed by atoms with E-state index in [2.05, 4.69) is 26.0 Å². The number of benzene rings is 2. The monoisotopic (exact) mass is 454 g/mol. The van der Waals surface area contributed by atoms with Crippen molar-refractivity contribution in [3.05, 3.63) is 48.5 Å². The zero-order valence-electron chi connectivity index (χ0n) is 20.8. The second-order valence-electron chi connectivity index (χ2n) is 8.73. The predicted molar refractivity (Wildman–Crippen MR) is 136 cm³/mol. The van der Waals surface area contributed by atoms with E-state index in [1.54, 1.807) is 0 Å². The number of carbonyl (C=O) groups excluding carboxylic acids is 1. The van der Waals surface area contributed by atoms with Crippen LogP contribution in [0.3, 0.4) is 0 Å². The Morgan fingerprint density at radius 1 is 0.727 bits per heavy atom. The predicted octanol–water partition coefficient (Wildman–Crippen LogP) is 7.98. The molecular formula is C29H42O4. The summed E-state index contributed by atoms with van der Waals surface area (Å²) in [7, 11) is 0. The minimum absolute atomic E-state index is 0.145. The van der Waals surface area contributed by atoms with Crippen LogP contribution in [0.5, 0.6) is 11.5 Å². The molecule has 0 spiro atoms. The standard InChI is InChI=1S/C29H42O4/c1-4-6-8-9-10-12-22-31-27-18-14-25(15-19-27)26-16-20-28(21-17-26)33-24(3)23-32-29(30)13-11-7-5-2/h14-21,24H,4-13,22-23H2,1-3H3. The summed E-state index contributed by atoms with van der Waals surface area (Å²) < 4.78 is 17.1. The minimum atomic E-state index is -0.186. The Balaban J connectivity index is 1.71. The molecule has 0 bridgehead atoms. The van der Waals surface area contributed by atoms with Crippen LogP contribution < -0.4 is 9.47 Å². The second kappa shape index (κ2) is 16.2. The molecule has 1 atom stereocenters. The maximum Gasteiger partial charge on any atom is 0.305 e. The van der Waals surface area contributed by atoms with Gasteiger partial charge in [-0.25, -0.2) is 0 Å². The Bertz CT molecular complexity index is 767. The van der Waals surface area contributed by atoms with Gasteiger partial charge in [-0.05, 0) is 55.2 Å². The van der Waals surface area contributed by atoms with Crippen molar-refractivity contribution in [2.24, 2.45) is 0 Å². The summed E-state index contributed by atoms with van der Waals surface area (Å²) in [5, 5.41) is 0. The lowest BCUT2D eigenvalue weighted by Gasteiger charge is -2.15. The van der Waals surface area contributed by atoms with E-state index in [1.165, 1.54) is 32.1 Å². The van der Waals surface area contributed by atoms with Gasteiger partial charge in [0.05, 0.1) is 6.61 Å².